The molecule has 0 aliphatic carbocycles. The number of hydrogen-bond donors (Lipinski definition) is 1. The third kappa shape index (κ3) is 4.14. The molecule has 4 heteroatoms. The zero-order valence-electron chi connectivity index (χ0n) is 12.9. The third-order valence-corrected chi connectivity index (χ3v) is 3.38. The van der Waals surface area contributed by atoms with Crippen LogP contribution < -0.4 is 9.47 Å². The topological polar surface area (TPSA) is 55.8 Å². The van der Waals surface area contributed by atoms with Crippen LogP contribution in [0.1, 0.15) is 15.9 Å². The number of ether oxygens (including phenoxy) is 2. The van der Waals surface area contributed by atoms with E-state index in [0.29, 0.717) is 12.4 Å². The van der Waals surface area contributed by atoms with Crippen molar-refractivity contribution in [1.82, 2.24) is 0 Å². The normalized spacial score (nSPS) is 10.2. The van der Waals surface area contributed by atoms with Gasteiger partial charge in [0.2, 0.25) is 0 Å². The van der Waals surface area contributed by atoms with E-state index < -0.39 is 5.97 Å². The van der Waals surface area contributed by atoms with Crippen molar-refractivity contribution < 1.29 is 19.4 Å². The van der Waals surface area contributed by atoms with Crippen LogP contribution in [0, 0.1) is 0 Å². The van der Waals surface area contributed by atoms with Gasteiger partial charge >= 0.3 is 5.97 Å². The van der Waals surface area contributed by atoms with Gasteiger partial charge in [0, 0.05) is 0 Å². The highest BCUT2D eigenvalue weighted by Gasteiger charge is 2.04. The second kappa shape index (κ2) is 7.33. The highest BCUT2D eigenvalue weighted by atomic mass is 16.5. The van der Waals surface area contributed by atoms with E-state index in [1.807, 2.05) is 60.7 Å². The summed E-state index contributed by atoms with van der Waals surface area (Å²) in [4.78, 5) is 11.0. The zero-order chi connectivity index (χ0) is 16.8. The minimum absolute atomic E-state index is 0.253. The predicted octanol–water partition coefficient (Wildman–Crippen LogP) is 4.76. The predicted molar refractivity (Wildman–Crippen MR) is 90.7 cm³/mol. The molecule has 3 aromatic rings. The van der Waals surface area contributed by atoms with Gasteiger partial charge in [-0.3, -0.25) is 0 Å². The smallest absolute Gasteiger partial charge is 0.335 e. The summed E-state index contributed by atoms with van der Waals surface area (Å²) in [6, 6.07) is 23.5. The van der Waals surface area contributed by atoms with Gasteiger partial charge in [0.25, 0.3) is 0 Å². The molecular weight excluding hydrogens is 304 g/mol. The Bertz CT molecular complexity index is 811. The molecule has 0 saturated carbocycles. The molecule has 0 spiro atoms. The van der Waals surface area contributed by atoms with Crippen molar-refractivity contribution in [3.8, 4) is 17.2 Å². The van der Waals surface area contributed by atoms with Gasteiger partial charge in [0.15, 0.2) is 0 Å². The largest absolute Gasteiger partial charge is 0.489 e. The summed E-state index contributed by atoms with van der Waals surface area (Å²) in [6.07, 6.45) is 0. The number of carboxylic acids is 1. The van der Waals surface area contributed by atoms with E-state index in [0.717, 1.165) is 17.1 Å². The monoisotopic (exact) mass is 320 g/mol. The summed E-state index contributed by atoms with van der Waals surface area (Å²) in [5.74, 6) is 1.24. The van der Waals surface area contributed by atoms with E-state index in [9.17, 15) is 4.79 Å². The first-order valence-electron chi connectivity index (χ1n) is 7.49. The molecule has 3 rings (SSSR count). The maximum absolute atomic E-state index is 11.0. The Morgan fingerprint density at radius 2 is 1.46 bits per heavy atom. The summed E-state index contributed by atoms with van der Waals surface area (Å²) in [5.41, 5.74) is 1.06. The van der Waals surface area contributed by atoms with E-state index >= 15 is 0 Å². The molecular formula is C20H16O4. The second-order valence-electron chi connectivity index (χ2n) is 5.18. The van der Waals surface area contributed by atoms with Gasteiger partial charge in [-0.2, -0.15) is 0 Å². The van der Waals surface area contributed by atoms with Gasteiger partial charge in [0.05, 0.1) is 5.56 Å². The van der Waals surface area contributed by atoms with E-state index in [1.165, 1.54) is 0 Å². The fraction of sp³-hybridized carbons (Fsp3) is 0.0500. The SMILES string of the molecule is O=C(O)c1cccc(COc2ccc(Oc3ccccc3)cc2)c1. The van der Waals surface area contributed by atoms with Gasteiger partial charge in [0.1, 0.15) is 23.9 Å². The fourth-order valence-electron chi connectivity index (χ4n) is 2.19. The maximum Gasteiger partial charge on any atom is 0.335 e. The van der Waals surface area contributed by atoms with Crippen molar-refractivity contribution in [1.29, 1.82) is 0 Å². The molecule has 120 valence electrons. The molecule has 0 saturated heterocycles. The maximum atomic E-state index is 11.0. The van der Waals surface area contributed by atoms with Crippen LogP contribution >= 0.6 is 0 Å². The van der Waals surface area contributed by atoms with E-state index in [-0.39, 0.29) is 5.56 Å². The van der Waals surface area contributed by atoms with Gasteiger partial charge in [-0.15, -0.1) is 0 Å². The first-order chi connectivity index (χ1) is 11.7. The molecule has 3 aromatic carbocycles. The molecule has 4 nitrogen and oxygen atoms in total. The summed E-state index contributed by atoms with van der Waals surface area (Å²) in [5, 5.41) is 8.99. The number of rotatable bonds is 6. The molecule has 0 unspecified atom stereocenters. The number of benzene rings is 3. The van der Waals surface area contributed by atoms with Gasteiger partial charge in [-0.05, 0) is 54.1 Å². The van der Waals surface area contributed by atoms with Gasteiger partial charge in [-0.1, -0.05) is 30.3 Å². The Kier molecular flexibility index (Phi) is 4.77. The van der Waals surface area contributed by atoms with Crippen molar-refractivity contribution in [2.45, 2.75) is 6.61 Å². The minimum Gasteiger partial charge on any atom is -0.489 e. The zero-order valence-corrected chi connectivity index (χ0v) is 12.9. The lowest BCUT2D eigenvalue weighted by molar-refractivity contribution is 0.0696. The van der Waals surface area contributed by atoms with Gasteiger partial charge < -0.3 is 14.6 Å². The van der Waals surface area contributed by atoms with Crippen LogP contribution in [-0.4, -0.2) is 11.1 Å². The number of carbonyl (C=O) groups is 1. The van der Waals surface area contributed by atoms with Crippen LogP contribution in [0.2, 0.25) is 0 Å². The third-order valence-electron chi connectivity index (χ3n) is 3.38. The van der Waals surface area contributed by atoms with E-state index in [2.05, 4.69) is 0 Å². The lowest BCUT2D eigenvalue weighted by Crippen LogP contribution is -2.00. The first kappa shape index (κ1) is 15.6. The lowest BCUT2D eigenvalue weighted by atomic mass is 10.1. The van der Waals surface area contributed by atoms with Crippen LogP contribution in [-0.2, 0) is 6.61 Å². The Labute approximate surface area is 139 Å². The Hall–Kier alpha value is -3.27. The highest BCUT2D eigenvalue weighted by Crippen LogP contribution is 2.24. The van der Waals surface area contributed by atoms with Crippen molar-refractivity contribution >= 4 is 5.97 Å². The Morgan fingerprint density at radius 3 is 2.17 bits per heavy atom. The van der Waals surface area contributed by atoms with E-state index in [4.69, 9.17) is 14.6 Å². The molecule has 0 fully saturated rings. The van der Waals surface area contributed by atoms with Crippen molar-refractivity contribution in [2.75, 3.05) is 0 Å². The molecule has 0 aliphatic heterocycles. The Balaban J connectivity index is 1.60. The minimum atomic E-state index is -0.945. The number of para-hydroxylation sites is 1. The van der Waals surface area contributed by atoms with Crippen LogP contribution in [0.5, 0.6) is 17.2 Å². The summed E-state index contributed by atoms with van der Waals surface area (Å²) in [6.45, 7) is 0.306. The molecule has 0 heterocycles. The van der Waals surface area contributed by atoms with Crippen LogP contribution in [0.3, 0.4) is 0 Å². The molecule has 0 aromatic heterocycles. The second-order valence-corrected chi connectivity index (χ2v) is 5.18. The summed E-state index contributed by atoms with van der Waals surface area (Å²) < 4.78 is 11.4. The Morgan fingerprint density at radius 1 is 0.792 bits per heavy atom. The standard InChI is InChI=1S/C20H16O4/c21-20(22)16-6-4-5-15(13-16)14-23-17-9-11-19(12-10-17)24-18-7-2-1-3-8-18/h1-13H,14H2,(H,21,22). The molecule has 0 atom stereocenters. The molecule has 0 bridgehead atoms. The first-order valence-corrected chi connectivity index (χ1v) is 7.49. The van der Waals surface area contributed by atoms with Crippen molar-refractivity contribution in [2.24, 2.45) is 0 Å². The van der Waals surface area contributed by atoms with E-state index in [1.54, 1.807) is 18.2 Å². The van der Waals surface area contributed by atoms with Crippen molar-refractivity contribution in [3.05, 3.63) is 90.0 Å². The quantitative estimate of drug-likeness (QED) is 0.711. The molecule has 0 aliphatic rings. The highest BCUT2D eigenvalue weighted by molar-refractivity contribution is 5.87. The number of aromatic carboxylic acids is 1. The molecule has 1 N–H and O–H groups in total. The van der Waals surface area contributed by atoms with Crippen LogP contribution in [0.25, 0.3) is 0 Å². The lowest BCUT2D eigenvalue weighted by Gasteiger charge is -2.09. The van der Waals surface area contributed by atoms with Crippen LogP contribution in [0.4, 0.5) is 0 Å². The molecule has 24 heavy (non-hydrogen) atoms. The average Bonchev–Trinajstić information content (AvgIpc) is 2.62. The average molecular weight is 320 g/mol. The van der Waals surface area contributed by atoms with Crippen molar-refractivity contribution in [3.63, 3.8) is 0 Å². The van der Waals surface area contributed by atoms with Crippen LogP contribution in [0.15, 0.2) is 78.9 Å². The molecule has 0 radical (unpaired) electrons. The number of hydrogen-bond acceptors (Lipinski definition) is 3. The number of carboxylic acid groups (broad SMARTS) is 1. The molecule has 0 amide bonds. The summed E-state index contributed by atoms with van der Waals surface area (Å²) in [7, 11) is 0. The summed E-state index contributed by atoms with van der Waals surface area (Å²) >= 11 is 0. The van der Waals surface area contributed by atoms with Gasteiger partial charge in [-0.25, -0.2) is 4.79 Å². The fourth-order valence-corrected chi connectivity index (χ4v) is 2.19.